The molecule has 3 heteroatoms. The molecule has 0 aromatic carbocycles. The molecule has 1 rings (SSSR count). The molecule has 0 N–H and O–H groups in total. The normalized spacial score (nSPS) is 19.7. The minimum absolute atomic E-state index is 1.13. The lowest BCUT2D eigenvalue weighted by Crippen LogP contribution is -2.20. The van der Waals surface area contributed by atoms with Crippen LogP contribution in [0.2, 0.25) is 0 Å². The van der Waals surface area contributed by atoms with Crippen LogP contribution < -0.4 is 0 Å². The molecule has 1 fully saturated rings. The van der Waals surface area contributed by atoms with Crippen LogP contribution in [-0.4, -0.2) is 43.4 Å². The van der Waals surface area contributed by atoms with E-state index in [4.69, 9.17) is 0 Å². The van der Waals surface area contributed by atoms with E-state index in [1.807, 2.05) is 25.3 Å². The highest BCUT2D eigenvalue weighted by molar-refractivity contribution is 5.53. The average Bonchev–Trinajstić information content (AvgIpc) is 2.28. The van der Waals surface area contributed by atoms with Crippen molar-refractivity contribution in [1.29, 1.82) is 0 Å². The summed E-state index contributed by atoms with van der Waals surface area (Å²) in [7, 11) is 4.00. The van der Waals surface area contributed by atoms with Gasteiger partial charge >= 0.3 is 0 Å². The minimum atomic E-state index is 1.13. The number of hydrazone groups is 1. The van der Waals surface area contributed by atoms with Gasteiger partial charge in [0, 0.05) is 27.2 Å². The molecule has 1 aliphatic heterocycles. The predicted octanol–water partition coefficient (Wildman–Crippen LogP) is 1.37. The van der Waals surface area contributed by atoms with Crippen LogP contribution in [0.25, 0.3) is 0 Å². The second-order valence-corrected chi connectivity index (χ2v) is 3.56. The van der Waals surface area contributed by atoms with Crippen molar-refractivity contribution in [2.75, 3.05) is 27.2 Å². The van der Waals surface area contributed by atoms with Gasteiger partial charge in [-0.1, -0.05) is 12.8 Å². The molecule has 0 radical (unpaired) electrons. The Labute approximate surface area is 75.0 Å². The molecule has 3 nitrogen and oxygen atoms in total. The Kier molecular flexibility index (Phi) is 3.91. The van der Waals surface area contributed by atoms with Gasteiger partial charge in [0.05, 0.1) is 0 Å². The van der Waals surface area contributed by atoms with Crippen LogP contribution in [-0.2, 0) is 0 Å². The van der Waals surface area contributed by atoms with E-state index in [9.17, 15) is 0 Å². The molecule has 1 heterocycles. The zero-order chi connectivity index (χ0) is 8.81. The van der Waals surface area contributed by atoms with Crippen molar-refractivity contribution in [3.8, 4) is 0 Å². The molecule has 0 spiro atoms. The van der Waals surface area contributed by atoms with Crippen molar-refractivity contribution in [1.82, 2.24) is 9.91 Å². The van der Waals surface area contributed by atoms with E-state index in [2.05, 4.69) is 10.1 Å². The third-order valence-electron chi connectivity index (χ3n) is 2.03. The summed E-state index contributed by atoms with van der Waals surface area (Å²) in [6, 6.07) is 0. The average molecular weight is 169 g/mol. The highest BCUT2D eigenvalue weighted by Crippen LogP contribution is 2.09. The molecule has 0 amide bonds. The Balaban J connectivity index is 2.29. The standard InChI is InChI=1S/C9H19N3/c1-11(2)9-10-12-7-5-3-4-6-8-12/h9H,3-8H2,1-2H3/b10-9-. The van der Waals surface area contributed by atoms with Gasteiger partial charge in [-0.2, -0.15) is 5.10 Å². The largest absolute Gasteiger partial charge is 0.367 e. The van der Waals surface area contributed by atoms with E-state index >= 15 is 0 Å². The Morgan fingerprint density at radius 2 is 1.67 bits per heavy atom. The summed E-state index contributed by atoms with van der Waals surface area (Å²) in [5, 5.41) is 6.55. The van der Waals surface area contributed by atoms with Gasteiger partial charge in [0.1, 0.15) is 6.34 Å². The fourth-order valence-electron chi connectivity index (χ4n) is 1.35. The van der Waals surface area contributed by atoms with Gasteiger partial charge in [0.15, 0.2) is 0 Å². The summed E-state index contributed by atoms with van der Waals surface area (Å²) in [6.45, 7) is 2.26. The van der Waals surface area contributed by atoms with Gasteiger partial charge in [0.25, 0.3) is 0 Å². The zero-order valence-electron chi connectivity index (χ0n) is 8.16. The fraction of sp³-hybridized carbons (Fsp3) is 0.889. The molecular weight excluding hydrogens is 150 g/mol. The fourth-order valence-corrected chi connectivity index (χ4v) is 1.35. The number of rotatable bonds is 2. The number of nitrogens with zero attached hydrogens (tertiary/aromatic N) is 3. The maximum absolute atomic E-state index is 4.38. The molecular formula is C9H19N3. The Morgan fingerprint density at radius 3 is 2.17 bits per heavy atom. The van der Waals surface area contributed by atoms with E-state index in [0.717, 1.165) is 13.1 Å². The van der Waals surface area contributed by atoms with E-state index < -0.39 is 0 Å². The van der Waals surface area contributed by atoms with Crippen LogP contribution >= 0.6 is 0 Å². The Morgan fingerprint density at radius 1 is 1.08 bits per heavy atom. The summed E-state index contributed by atoms with van der Waals surface area (Å²) in [5.41, 5.74) is 0. The molecule has 0 aromatic rings. The van der Waals surface area contributed by atoms with Crippen LogP contribution in [0.1, 0.15) is 25.7 Å². The first-order valence-electron chi connectivity index (χ1n) is 4.74. The van der Waals surface area contributed by atoms with Gasteiger partial charge < -0.3 is 4.90 Å². The zero-order valence-corrected chi connectivity index (χ0v) is 8.16. The van der Waals surface area contributed by atoms with Crippen molar-refractivity contribution in [3.63, 3.8) is 0 Å². The lowest BCUT2D eigenvalue weighted by atomic mass is 10.2. The molecule has 0 unspecified atom stereocenters. The molecule has 0 aliphatic carbocycles. The monoisotopic (exact) mass is 169 g/mol. The maximum Gasteiger partial charge on any atom is 0.110 e. The summed E-state index contributed by atoms with van der Waals surface area (Å²) in [4.78, 5) is 1.98. The van der Waals surface area contributed by atoms with Crippen molar-refractivity contribution >= 4 is 6.34 Å². The van der Waals surface area contributed by atoms with Crippen LogP contribution in [0.3, 0.4) is 0 Å². The number of hydrogen-bond acceptors (Lipinski definition) is 2. The topological polar surface area (TPSA) is 18.8 Å². The summed E-state index contributed by atoms with van der Waals surface area (Å²) in [6.07, 6.45) is 7.21. The quantitative estimate of drug-likeness (QED) is 0.459. The first kappa shape index (κ1) is 9.36. The molecule has 0 saturated carbocycles. The van der Waals surface area contributed by atoms with Crippen LogP contribution in [0.15, 0.2) is 5.10 Å². The van der Waals surface area contributed by atoms with Gasteiger partial charge in [0.2, 0.25) is 0 Å². The Hall–Kier alpha value is -0.730. The van der Waals surface area contributed by atoms with Gasteiger partial charge in [-0.3, -0.25) is 5.01 Å². The van der Waals surface area contributed by atoms with E-state index in [1.165, 1.54) is 25.7 Å². The molecule has 0 bridgehead atoms. The minimum Gasteiger partial charge on any atom is -0.367 e. The molecule has 0 atom stereocenters. The van der Waals surface area contributed by atoms with E-state index in [-0.39, 0.29) is 0 Å². The second kappa shape index (κ2) is 5.01. The third kappa shape index (κ3) is 3.60. The van der Waals surface area contributed by atoms with Gasteiger partial charge in [-0.05, 0) is 12.8 Å². The smallest absolute Gasteiger partial charge is 0.110 e. The molecule has 1 saturated heterocycles. The lowest BCUT2D eigenvalue weighted by Gasteiger charge is -2.16. The SMILES string of the molecule is CN(C)/C=N\N1CCCCCC1. The number of hydrogen-bond donors (Lipinski definition) is 0. The summed E-state index contributed by atoms with van der Waals surface area (Å²) < 4.78 is 0. The van der Waals surface area contributed by atoms with Gasteiger partial charge in [-0.25, -0.2) is 0 Å². The summed E-state index contributed by atoms with van der Waals surface area (Å²) >= 11 is 0. The first-order chi connectivity index (χ1) is 5.79. The predicted molar refractivity (Wildman–Crippen MR) is 52.2 cm³/mol. The highest BCUT2D eigenvalue weighted by atomic mass is 15.5. The molecule has 12 heavy (non-hydrogen) atoms. The molecule has 70 valence electrons. The first-order valence-corrected chi connectivity index (χ1v) is 4.74. The van der Waals surface area contributed by atoms with Crippen LogP contribution in [0.4, 0.5) is 0 Å². The van der Waals surface area contributed by atoms with Crippen molar-refractivity contribution in [2.24, 2.45) is 5.10 Å². The maximum atomic E-state index is 4.38. The third-order valence-corrected chi connectivity index (χ3v) is 2.03. The second-order valence-electron chi connectivity index (χ2n) is 3.56. The van der Waals surface area contributed by atoms with Gasteiger partial charge in [-0.15, -0.1) is 0 Å². The Bertz CT molecular complexity index is 135. The van der Waals surface area contributed by atoms with Crippen LogP contribution in [0, 0.1) is 0 Å². The van der Waals surface area contributed by atoms with E-state index in [0.29, 0.717) is 0 Å². The molecule has 1 aliphatic rings. The van der Waals surface area contributed by atoms with Crippen molar-refractivity contribution < 1.29 is 0 Å². The summed E-state index contributed by atoms with van der Waals surface area (Å²) in [5.74, 6) is 0. The van der Waals surface area contributed by atoms with E-state index in [1.54, 1.807) is 0 Å². The van der Waals surface area contributed by atoms with Crippen molar-refractivity contribution in [3.05, 3.63) is 0 Å². The highest BCUT2D eigenvalue weighted by Gasteiger charge is 2.04. The van der Waals surface area contributed by atoms with Crippen LogP contribution in [0.5, 0.6) is 0 Å². The molecule has 0 aromatic heterocycles. The lowest BCUT2D eigenvalue weighted by molar-refractivity contribution is 0.298. The van der Waals surface area contributed by atoms with Crippen molar-refractivity contribution in [2.45, 2.75) is 25.7 Å².